The highest BCUT2D eigenvalue weighted by atomic mass is 16.2. The Kier molecular flexibility index (Phi) is 4.98. The van der Waals surface area contributed by atoms with Crippen molar-refractivity contribution < 1.29 is 19.2 Å². The Balaban J connectivity index is 1.48. The minimum absolute atomic E-state index is 0.0515. The van der Waals surface area contributed by atoms with Gasteiger partial charge in [0.25, 0.3) is 23.6 Å². The fourth-order valence-electron chi connectivity index (χ4n) is 5.46. The van der Waals surface area contributed by atoms with Gasteiger partial charge >= 0.3 is 0 Å². The van der Waals surface area contributed by atoms with Crippen molar-refractivity contribution in [1.29, 1.82) is 0 Å². The molecule has 144 valence electrons. The van der Waals surface area contributed by atoms with E-state index in [-0.39, 0.29) is 41.6 Å². The summed E-state index contributed by atoms with van der Waals surface area (Å²) in [7, 11) is 0. The summed E-state index contributed by atoms with van der Waals surface area (Å²) in [6.45, 7) is 0. The predicted molar refractivity (Wildman–Crippen MR) is 98.1 cm³/mol. The first-order chi connectivity index (χ1) is 13.1. The van der Waals surface area contributed by atoms with Gasteiger partial charge < -0.3 is 0 Å². The number of hydrogen-bond acceptors (Lipinski definition) is 4. The molecule has 0 bridgehead atoms. The third-order valence-electron chi connectivity index (χ3n) is 6.71. The summed E-state index contributed by atoms with van der Waals surface area (Å²) in [5.74, 6) is -0.205. The molecule has 6 nitrogen and oxygen atoms in total. The molecule has 0 N–H and O–H groups in total. The molecule has 0 spiro atoms. The molecule has 0 radical (unpaired) electrons. The molecule has 2 fully saturated rings. The van der Waals surface area contributed by atoms with Crippen LogP contribution in [0.5, 0.6) is 0 Å². The lowest BCUT2D eigenvalue weighted by molar-refractivity contribution is -0.143. The first kappa shape index (κ1) is 18.1. The van der Waals surface area contributed by atoms with E-state index in [0.717, 1.165) is 51.4 Å². The summed E-state index contributed by atoms with van der Waals surface area (Å²) in [6.07, 6.45) is 14.3. The zero-order chi connectivity index (χ0) is 19.0. The largest absolute Gasteiger partial charge is 0.272 e. The van der Waals surface area contributed by atoms with Gasteiger partial charge in [-0.2, -0.15) is 0 Å². The van der Waals surface area contributed by atoms with Crippen LogP contribution in [0.25, 0.3) is 0 Å². The fraction of sp³-hybridized carbons (Fsp3) is 0.619. The van der Waals surface area contributed by atoms with Gasteiger partial charge in [-0.15, -0.1) is 0 Å². The van der Waals surface area contributed by atoms with Crippen molar-refractivity contribution in [2.45, 2.75) is 69.9 Å². The third-order valence-corrected chi connectivity index (χ3v) is 6.71. The summed E-state index contributed by atoms with van der Waals surface area (Å²) in [5.41, 5.74) is 0. The van der Waals surface area contributed by atoms with Crippen molar-refractivity contribution in [3.05, 3.63) is 24.3 Å². The van der Waals surface area contributed by atoms with E-state index in [9.17, 15) is 19.2 Å². The van der Waals surface area contributed by atoms with Crippen molar-refractivity contribution in [1.82, 2.24) is 9.80 Å². The van der Waals surface area contributed by atoms with E-state index in [1.165, 1.54) is 40.5 Å². The Hall–Kier alpha value is -2.24. The SMILES string of the molecule is O=C1C=CC(=O)N1C1CCC(C(C2CCCCC2)N2C(=O)C=CC2=O)CC1. The van der Waals surface area contributed by atoms with Crippen LogP contribution in [0.15, 0.2) is 24.3 Å². The minimum Gasteiger partial charge on any atom is -0.272 e. The van der Waals surface area contributed by atoms with Gasteiger partial charge in [-0.05, 0) is 50.4 Å². The van der Waals surface area contributed by atoms with Crippen molar-refractivity contribution in [2.75, 3.05) is 0 Å². The topological polar surface area (TPSA) is 74.8 Å². The molecule has 4 amide bonds. The highest BCUT2D eigenvalue weighted by Gasteiger charge is 2.43. The van der Waals surface area contributed by atoms with Gasteiger partial charge in [-0.3, -0.25) is 29.0 Å². The molecule has 0 aromatic carbocycles. The van der Waals surface area contributed by atoms with Crippen LogP contribution in [0.4, 0.5) is 0 Å². The van der Waals surface area contributed by atoms with E-state index in [0.29, 0.717) is 5.92 Å². The molecule has 27 heavy (non-hydrogen) atoms. The molecular formula is C21H26N2O4. The van der Waals surface area contributed by atoms with Crippen LogP contribution in [0, 0.1) is 11.8 Å². The van der Waals surface area contributed by atoms with Crippen molar-refractivity contribution >= 4 is 23.6 Å². The van der Waals surface area contributed by atoms with Crippen LogP contribution in [-0.2, 0) is 19.2 Å². The number of carbonyl (C=O) groups excluding carboxylic acids is 4. The molecule has 0 saturated heterocycles. The van der Waals surface area contributed by atoms with Crippen LogP contribution in [0.1, 0.15) is 57.8 Å². The molecule has 1 unspecified atom stereocenters. The average molecular weight is 370 g/mol. The van der Waals surface area contributed by atoms with Crippen LogP contribution < -0.4 is 0 Å². The molecule has 2 aliphatic carbocycles. The Bertz CT molecular complexity index is 676. The van der Waals surface area contributed by atoms with Crippen LogP contribution in [0.3, 0.4) is 0 Å². The Labute approximate surface area is 159 Å². The summed E-state index contributed by atoms with van der Waals surface area (Å²) < 4.78 is 0. The van der Waals surface area contributed by atoms with E-state index in [1.54, 1.807) is 0 Å². The van der Waals surface area contributed by atoms with Crippen molar-refractivity contribution in [3.63, 3.8) is 0 Å². The van der Waals surface area contributed by atoms with Gasteiger partial charge in [0.05, 0.1) is 0 Å². The maximum Gasteiger partial charge on any atom is 0.253 e. The second-order valence-electron chi connectivity index (χ2n) is 8.22. The van der Waals surface area contributed by atoms with E-state index in [1.807, 2.05) is 0 Å². The first-order valence-corrected chi connectivity index (χ1v) is 10.2. The molecule has 2 aliphatic heterocycles. The number of carbonyl (C=O) groups is 4. The number of nitrogens with zero attached hydrogens (tertiary/aromatic N) is 2. The summed E-state index contributed by atoms with van der Waals surface area (Å²) in [4.78, 5) is 51.5. The normalized spacial score (nSPS) is 30.7. The van der Waals surface area contributed by atoms with Crippen LogP contribution in [0.2, 0.25) is 0 Å². The number of hydrogen-bond donors (Lipinski definition) is 0. The third kappa shape index (κ3) is 3.37. The zero-order valence-corrected chi connectivity index (χ0v) is 15.5. The molecule has 4 rings (SSSR count). The van der Waals surface area contributed by atoms with Crippen molar-refractivity contribution in [3.8, 4) is 0 Å². The zero-order valence-electron chi connectivity index (χ0n) is 15.5. The average Bonchev–Trinajstić information content (AvgIpc) is 3.19. The minimum atomic E-state index is -0.221. The molecular weight excluding hydrogens is 344 g/mol. The summed E-state index contributed by atoms with van der Waals surface area (Å²) in [5, 5.41) is 0. The molecule has 2 saturated carbocycles. The summed E-state index contributed by atoms with van der Waals surface area (Å²) in [6, 6.07) is -0.115. The molecule has 0 aromatic rings. The Morgan fingerprint density at radius 3 is 1.67 bits per heavy atom. The molecule has 6 heteroatoms. The van der Waals surface area contributed by atoms with Gasteiger partial charge in [0.2, 0.25) is 0 Å². The molecule has 0 aromatic heterocycles. The monoisotopic (exact) mass is 370 g/mol. The smallest absolute Gasteiger partial charge is 0.253 e. The lowest BCUT2D eigenvalue weighted by Gasteiger charge is -2.44. The Morgan fingerprint density at radius 1 is 0.630 bits per heavy atom. The fourth-order valence-corrected chi connectivity index (χ4v) is 5.46. The lowest BCUT2D eigenvalue weighted by atomic mass is 9.72. The predicted octanol–water partition coefficient (Wildman–Crippen LogP) is 2.34. The number of imide groups is 2. The second kappa shape index (κ2) is 7.41. The van der Waals surface area contributed by atoms with E-state index < -0.39 is 0 Å². The van der Waals surface area contributed by atoms with Gasteiger partial charge in [-0.25, -0.2) is 0 Å². The number of rotatable bonds is 4. The summed E-state index contributed by atoms with van der Waals surface area (Å²) >= 11 is 0. The van der Waals surface area contributed by atoms with Crippen LogP contribution >= 0.6 is 0 Å². The van der Waals surface area contributed by atoms with Gasteiger partial charge in [-0.1, -0.05) is 19.3 Å². The molecule has 4 aliphatic rings. The van der Waals surface area contributed by atoms with Crippen molar-refractivity contribution in [2.24, 2.45) is 11.8 Å². The maximum absolute atomic E-state index is 12.4. The molecule has 1 atom stereocenters. The quantitative estimate of drug-likeness (QED) is 0.712. The lowest BCUT2D eigenvalue weighted by Crippen LogP contribution is -2.51. The van der Waals surface area contributed by atoms with Gasteiger partial charge in [0.1, 0.15) is 0 Å². The van der Waals surface area contributed by atoms with Crippen LogP contribution in [-0.4, -0.2) is 45.5 Å². The number of amides is 4. The highest BCUT2D eigenvalue weighted by molar-refractivity contribution is 6.13. The molecule has 2 heterocycles. The standard InChI is InChI=1S/C21H26N2O4/c24-17-10-11-18(25)22(17)16-8-6-15(7-9-16)21(14-4-2-1-3-5-14)23-19(26)12-13-20(23)27/h10-16,21H,1-9H2. The first-order valence-electron chi connectivity index (χ1n) is 10.2. The Morgan fingerprint density at radius 2 is 1.11 bits per heavy atom. The highest BCUT2D eigenvalue weighted by Crippen LogP contribution is 2.40. The van der Waals surface area contributed by atoms with Gasteiger partial charge in [0.15, 0.2) is 0 Å². The second-order valence-corrected chi connectivity index (χ2v) is 8.22. The van der Waals surface area contributed by atoms with E-state index in [2.05, 4.69) is 0 Å². The van der Waals surface area contributed by atoms with E-state index >= 15 is 0 Å². The van der Waals surface area contributed by atoms with Gasteiger partial charge in [0, 0.05) is 36.4 Å². The maximum atomic E-state index is 12.4. The van der Waals surface area contributed by atoms with E-state index in [4.69, 9.17) is 0 Å².